The Morgan fingerprint density at radius 3 is 2.42 bits per heavy atom. The van der Waals surface area contributed by atoms with Gasteiger partial charge in [-0.2, -0.15) is 15.2 Å². The molecule has 0 fully saturated rings. The van der Waals surface area contributed by atoms with E-state index >= 15 is 0 Å². The second-order valence-corrected chi connectivity index (χ2v) is 6.15. The van der Waals surface area contributed by atoms with E-state index in [1.54, 1.807) is 13.8 Å². The first-order chi connectivity index (χ1) is 8.78. The van der Waals surface area contributed by atoms with Crippen LogP contribution in [-0.4, -0.2) is 14.0 Å². The first kappa shape index (κ1) is 15.2. The van der Waals surface area contributed by atoms with E-state index in [0.717, 1.165) is 0 Å². The SMILES string of the molecule is CCC(C)(C#N)NS(=O)(=O)c1ccc(C#N)cc1C. The van der Waals surface area contributed by atoms with Crippen LogP contribution in [0.3, 0.4) is 0 Å². The van der Waals surface area contributed by atoms with Crippen molar-refractivity contribution in [2.24, 2.45) is 0 Å². The molecule has 0 bridgehead atoms. The van der Waals surface area contributed by atoms with Crippen molar-refractivity contribution in [2.75, 3.05) is 0 Å². The van der Waals surface area contributed by atoms with E-state index in [4.69, 9.17) is 10.5 Å². The van der Waals surface area contributed by atoms with Crippen molar-refractivity contribution < 1.29 is 8.42 Å². The first-order valence-corrected chi connectivity index (χ1v) is 7.22. The van der Waals surface area contributed by atoms with Gasteiger partial charge in [-0.15, -0.1) is 0 Å². The Labute approximate surface area is 113 Å². The molecule has 19 heavy (non-hydrogen) atoms. The summed E-state index contributed by atoms with van der Waals surface area (Å²) in [6.45, 7) is 4.88. The third-order valence-corrected chi connectivity index (χ3v) is 4.66. The van der Waals surface area contributed by atoms with Crippen LogP contribution in [0, 0.1) is 29.6 Å². The van der Waals surface area contributed by atoms with Crippen molar-refractivity contribution in [3.05, 3.63) is 29.3 Å². The predicted molar refractivity (Wildman–Crippen MR) is 70.5 cm³/mol. The van der Waals surface area contributed by atoms with Gasteiger partial charge in [0.15, 0.2) is 0 Å². The van der Waals surface area contributed by atoms with Gasteiger partial charge in [-0.3, -0.25) is 0 Å². The van der Waals surface area contributed by atoms with Crippen LogP contribution in [0.4, 0.5) is 0 Å². The number of rotatable bonds is 4. The molecule has 1 unspecified atom stereocenters. The average molecular weight is 277 g/mol. The van der Waals surface area contributed by atoms with E-state index in [1.165, 1.54) is 25.1 Å². The molecule has 6 heteroatoms. The minimum atomic E-state index is -3.78. The normalized spacial score (nSPS) is 14.2. The fourth-order valence-electron chi connectivity index (χ4n) is 1.55. The lowest BCUT2D eigenvalue weighted by atomic mass is 10.0. The van der Waals surface area contributed by atoms with E-state index in [0.29, 0.717) is 17.5 Å². The molecule has 1 N–H and O–H groups in total. The highest BCUT2D eigenvalue weighted by molar-refractivity contribution is 7.89. The van der Waals surface area contributed by atoms with Crippen molar-refractivity contribution in [3.8, 4) is 12.1 Å². The maximum Gasteiger partial charge on any atom is 0.242 e. The molecule has 0 radical (unpaired) electrons. The molecule has 1 aromatic carbocycles. The number of aryl methyl sites for hydroxylation is 1. The van der Waals surface area contributed by atoms with Crippen LogP contribution in [0.1, 0.15) is 31.4 Å². The molecule has 0 amide bonds. The Bertz CT molecular complexity index is 668. The van der Waals surface area contributed by atoms with Crippen molar-refractivity contribution >= 4 is 10.0 Å². The van der Waals surface area contributed by atoms with Crippen LogP contribution in [0.5, 0.6) is 0 Å². The minimum absolute atomic E-state index is 0.0847. The second-order valence-electron chi connectivity index (χ2n) is 4.50. The molecular weight excluding hydrogens is 262 g/mol. The average Bonchev–Trinajstić information content (AvgIpc) is 2.37. The van der Waals surface area contributed by atoms with Gasteiger partial charge >= 0.3 is 0 Å². The molecule has 0 aromatic heterocycles. The van der Waals surface area contributed by atoms with Crippen LogP contribution >= 0.6 is 0 Å². The molecule has 0 saturated heterocycles. The molecule has 0 aliphatic carbocycles. The Morgan fingerprint density at radius 1 is 1.37 bits per heavy atom. The van der Waals surface area contributed by atoms with Gasteiger partial charge in [0.05, 0.1) is 22.6 Å². The van der Waals surface area contributed by atoms with Crippen LogP contribution < -0.4 is 4.72 Å². The molecule has 1 atom stereocenters. The molecule has 5 nitrogen and oxygen atoms in total. The molecule has 1 aromatic rings. The zero-order chi connectivity index (χ0) is 14.7. The second kappa shape index (κ2) is 5.40. The first-order valence-electron chi connectivity index (χ1n) is 5.74. The number of hydrogen-bond donors (Lipinski definition) is 1. The lowest BCUT2D eigenvalue weighted by molar-refractivity contribution is 0.495. The summed E-state index contributed by atoms with van der Waals surface area (Å²) in [6, 6.07) is 8.23. The van der Waals surface area contributed by atoms with Gasteiger partial charge in [0.25, 0.3) is 0 Å². The number of benzene rings is 1. The van der Waals surface area contributed by atoms with Gasteiger partial charge < -0.3 is 0 Å². The van der Waals surface area contributed by atoms with Gasteiger partial charge in [0.1, 0.15) is 5.54 Å². The minimum Gasteiger partial charge on any atom is -0.207 e. The fourth-order valence-corrected chi connectivity index (χ4v) is 3.17. The van der Waals surface area contributed by atoms with Gasteiger partial charge in [0.2, 0.25) is 10.0 Å². The molecule has 0 heterocycles. The summed E-state index contributed by atoms with van der Waals surface area (Å²) >= 11 is 0. The number of nitrogens with one attached hydrogen (secondary N) is 1. The number of sulfonamides is 1. The molecule has 1 rings (SSSR count). The monoisotopic (exact) mass is 277 g/mol. The molecular formula is C13H15N3O2S. The van der Waals surface area contributed by atoms with E-state index < -0.39 is 15.6 Å². The Morgan fingerprint density at radius 2 is 2.00 bits per heavy atom. The zero-order valence-corrected chi connectivity index (χ0v) is 11.9. The summed E-state index contributed by atoms with van der Waals surface area (Å²) in [4.78, 5) is 0.0847. The summed E-state index contributed by atoms with van der Waals surface area (Å²) in [6.07, 6.45) is 0.359. The van der Waals surface area contributed by atoms with Crippen molar-refractivity contribution in [1.82, 2.24) is 4.72 Å². The standard InChI is InChI=1S/C13H15N3O2S/c1-4-13(3,9-15)16-19(17,18)12-6-5-11(8-14)7-10(12)2/h5-7,16H,4H2,1-3H3. The number of nitriles is 2. The predicted octanol–water partition coefficient (Wildman–Crippen LogP) is 1.84. The Balaban J connectivity index is 3.23. The van der Waals surface area contributed by atoms with Crippen molar-refractivity contribution in [3.63, 3.8) is 0 Å². The van der Waals surface area contributed by atoms with Crippen molar-refractivity contribution in [1.29, 1.82) is 10.5 Å². The molecule has 0 spiro atoms. The number of nitrogens with zero attached hydrogens (tertiary/aromatic N) is 2. The third-order valence-electron chi connectivity index (χ3n) is 2.91. The van der Waals surface area contributed by atoms with E-state index in [2.05, 4.69) is 4.72 Å². The summed E-state index contributed by atoms with van der Waals surface area (Å²) in [7, 11) is -3.78. The van der Waals surface area contributed by atoms with E-state index in [-0.39, 0.29) is 4.90 Å². The maximum atomic E-state index is 12.2. The van der Waals surface area contributed by atoms with Crippen LogP contribution in [0.2, 0.25) is 0 Å². The van der Waals surface area contributed by atoms with Crippen LogP contribution in [-0.2, 0) is 10.0 Å². The summed E-state index contributed by atoms with van der Waals surface area (Å²) in [5, 5.41) is 17.8. The Hall–Kier alpha value is -1.89. The summed E-state index contributed by atoms with van der Waals surface area (Å²) < 4.78 is 26.9. The molecule has 0 saturated carbocycles. The molecule has 100 valence electrons. The number of hydrogen-bond acceptors (Lipinski definition) is 4. The Kier molecular flexibility index (Phi) is 4.31. The smallest absolute Gasteiger partial charge is 0.207 e. The van der Waals surface area contributed by atoms with E-state index in [9.17, 15) is 8.42 Å². The largest absolute Gasteiger partial charge is 0.242 e. The summed E-state index contributed by atoms with van der Waals surface area (Å²) in [5.41, 5.74) is -0.267. The fraction of sp³-hybridized carbons (Fsp3) is 0.385. The topological polar surface area (TPSA) is 93.8 Å². The lowest BCUT2D eigenvalue weighted by Crippen LogP contribution is -2.44. The highest BCUT2D eigenvalue weighted by Gasteiger charge is 2.29. The highest BCUT2D eigenvalue weighted by atomic mass is 32.2. The van der Waals surface area contributed by atoms with Crippen LogP contribution in [0.25, 0.3) is 0 Å². The third kappa shape index (κ3) is 3.31. The zero-order valence-electron chi connectivity index (χ0n) is 11.1. The lowest BCUT2D eigenvalue weighted by Gasteiger charge is -2.21. The van der Waals surface area contributed by atoms with Gasteiger partial charge in [-0.05, 0) is 44.0 Å². The van der Waals surface area contributed by atoms with Gasteiger partial charge in [0, 0.05) is 0 Å². The molecule has 0 aliphatic heterocycles. The van der Waals surface area contributed by atoms with Crippen molar-refractivity contribution in [2.45, 2.75) is 37.6 Å². The van der Waals surface area contributed by atoms with E-state index in [1.807, 2.05) is 12.1 Å². The summed E-state index contributed by atoms with van der Waals surface area (Å²) in [5.74, 6) is 0. The van der Waals surface area contributed by atoms with Crippen LogP contribution in [0.15, 0.2) is 23.1 Å². The quantitative estimate of drug-likeness (QED) is 0.908. The highest BCUT2D eigenvalue weighted by Crippen LogP contribution is 2.19. The maximum absolute atomic E-state index is 12.2. The van der Waals surface area contributed by atoms with Gasteiger partial charge in [-0.1, -0.05) is 6.92 Å². The molecule has 0 aliphatic rings. The van der Waals surface area contributed by atoms with Gasteiger partial charge in [-0.25, -0.2) is 8.42 Å².